The smallest absolute Gasteiger partial charge is 0.0543 e. The van der Waals surface area contributed by atoms with E-state index in [1.54, 1.807) is 0 Å². The molecule has 0 saturated carbocycles. The van der Waals surface area contributed by atoms with Crippen molar-refractivity contribution in [3.05, 3.63) is 60.2 Å². The number of anilines is 1. The maximum atomic E-state index is 3.59. The summed E-state index contributed by atoms with van der Waals surface area (Å²) < 4.78 is 0. The number of hydrogen-bond donors (Lipinski definition) is 1. The molecular weight excluding hydrogens is 226 g/mol. The van der Waals surface area contributed by atoms with Crippen LogP contribution in [0.25, 0.3) is 0 Å². The van der Waals surface area contributed by atoms with Crippen molar-refractivity contribution < 1.29 is 0 Å². The molecule has 3 rings (SSSR count). The fourth-order valence-electron chi connectivity index (χ4n) is 2.25. The minimum Gasteiger partial charge on any atom is -0.380 e. The molecule has 0 bridgehead atoms. The number of fused-ring (bicyclic) bond motifs is 1. The Morgan fingerprint density at radius 1 is 0.941 bits per heavy atom. The minimum absolute atomic E-state index is 0.456. The van der Waals surface area contributed by atoms with Crippen molar-refractivity contribution in [2.45, 2.75) is 23.1 Å². The Kier molecular flexibility index (Phi) is 2.81. The monoisotopic (exact) mass is 241 g/mol. The highest BCUT2D eigenvalue weighted by molar-refractivity contribution is 7.99. The Bertz CT molecular complexity index is 509. The van der Waals surface area contributed by atoms with Gasteiger partial charge in [-0.05, 0) is 24.6 Å². The van der Waals surface area contributed by atoms with Crippen LogP contribution in [0.1, 0.15) is 17.7 Å². The van der Waals surface area contributed by atoms with Gasteiger partial charge in [0, 0.05) is 16.6 Å². The number of para-hydroxylation sites is 1. The largest absolute Gasteiger partial charge is 0.380 e. The molecule has 0 saturated heterocycles. The lowest BCUT2D eigenvalue weighted by Gasteiger charge is -2.32. The topological polar surface area (TPSA) is 12.0 Å². The second-order valence-electron chi connectivity index (χ2n) is 4.38. The van der Waals surface area contributed by atoms with Crippen LogP contribution < -0.4 is 5.32 Å². The zero-order valence-electron chi connectivity index (χ0n) is 9.76. The van der Waals surface area contributed by atoms with Gasteiger partial charge in [0.2, 0.25) is 0 Å². The summed E-state index contributed by atoms with van der Waals surface area (Å²) in [5.74, 6) is 0. The third-order valence-electron chi connectivity index (χ3n) is 3.11. The molecule has 1 N–H and O–H groups in total. The Balaban J connectivity index is 1.95. The number of nitrogens with one attached hydrogen (secondary N) is 1. The molecule has 86 valence electrons. The molecule has 1 nitrogen and oxygen atoms in total. The lowest BCUT2D eigenvalue weighted by atomic mass is 10.1. The van der Waals surface area contributed by atoms with Crippen molar-refractivity contribution in [3.63, 3.8) is 0 Å². The Labute approximate surface area is 106 Å². The van der Waals surface area contributed by atoms with E-state index < -0.39 is 0 Å². The molecule has 2 aromatic carbocycles. The van der Waals surface area contributed by atoms with Gasteiger partial charge in [0.05, 0.1) is 5.25 Å². The molecule has 0 unspecified atom stereocenters. The Morgan fingerprint density at radius 3 is 2.47 bits per heavy atom. The number of hydrogen-bond acceptors (Lipinski definition) is 2. The average molecular weight is 241 g/mol. The second kappa shape index (κ2) is 4.46. The zero-order chi connectivity index (χ0) is 11.7. The summed E-state index contributed by atoms with van der Waals surface area (Å²) in [6, 6.07) is 19.7. The average Bonchev–Trinajstić information content (AvgIpc) is 2.39. The standard InChI is InChI=1S/C15H15NS/c1-11-15(12-7-3-2-4-8-12)17-14-10-6-5-9-13(14)16-11/h2-11,15-16H,1H3/t11-,15-/m1/s1. The maximum Gasteiger partial charge on any atom is 0.0543 e. The molecule has 0 amide bonds. The predicted molar refractivity (Wildman–Crippen MR) is 74.6 cm³/mol. The highest BCUT2D eigenvalue weighted by atomic mass is 32.2. The van der Waals surface area contributed by atoms with Crippen LogP contribution in [0.3, 0.4) is 0 Å². The van der Waals surface area contributed by atoms with E-state index in [9.17, 15) is 0 Å². The first-order valence-electron chi connectivity index (χ1n) is 5.92. The number of rotatable bonds is 1. The zero-order valence-corrected chi connectivity index (χ0v) is 10.6. The van der Waals surface area contributed by atoms with E-state index in [2.05, 4.69) is 66.8 Å². The van der Waals surface area contributed by atoms with Crippen LogP contribution in [0.5, 0.6) is 0 Å². The van der Waals surface area contributed by atoms with Gasteiger partial charge in [0.25, 0.3) is 0 Å². The van der Waals surface area contributed by atoms with E-state index in [1.807, 2.05) is 11.8 Å². The molecular formula is C15H15NS. The van der Waals surface area contributed by atoms with Gasteiger partial charge in [-0.3, -0.25) is 0 Å². The third-order valence-corrected chi connectivity index (χ3v) is 4.65. The third kappa shape index (κ3) is 2.05. The Hall–Kier alpha value is -1.41. The number of benzene rings is 2. The van der Waals surface area contributed by atoms with Crippen molar-refractivity contribution in [2.24, 2.45) is 0 Å². The van der Waals surface area contributed by atoms with Crippen molar-refractivity contribution in [1.82, 2.24) is 0 Å². The molecule has 2 heteroatoms. The minimum atomic E-state index is 0.456. The summed E-state index contributed by atoms with van der Waals surface area (Å²) >= 11 is 1.96. The van der Waals surface area contributed by atoms with E-state index >= 15 is 0 Å². The highest BCUT2D eigenvalue weighted by Crippen LogP contribution is 2.45. The molecule has 1 aliphatic heterocycles. The second-order valence-corrected chi connectivity index (χ2v) is 5.56. The molecule has 0 aromatic heterocycles. The first kappa shape index (κ1) is 10.7. The lowest BCUT2D eigenvalue weighted by molar-refractivity contribution is 0.758. The van der Waals surface area contributed by atoms with E-state index in [0.717, 1.165) is 0 Å². The van der Waals surface area contributed by atoms with Crippen molar-refractivity contribution in [1.29, 1.82) is 0 Å². The molecule has 0 radical (unpaired) electrons. The summed E-state index contributed by atoms with van der Waals surface area (Å²) in [6.07, 6.45) is 0. The van der Waals surface area contributed by atoms with Gasteiger partial charge in [-0.25, -0.2) is 0 Å². The van der Waals surface area contributed by atoms with E-state index in [0.29, 0.717) is 11.3 Å². The van der Waals surface area contributed by atoms with Gasteiger partial charge in [-0.2, -0.15) is 0 Å². The fourth-order valence-corrected chi connectivity index (χ4v) is 3.50. The Morgan fingerprint density at radius 2 is 1.65 bits per heavy atom. The molecule has 17 heavy (non-hydrogen) atoms. The van der Waals surface area contributed by atoms with Crippen LogP contribution in [-0.4, -0.2) is 6.04 Å². The molecule has 2 atom stereocenters. The highest BCUT2D eigenvalue weighted by Gasteiger charge is 2.26. The van der Waals surface area contributed by atoms with E-state index in [-0.39, 0.29) is 0 Å². The quantitative estimate of drug-likeness (QED) is 0.797. The number of thioether (sulfide) groups is 1. The van der Waals surface area contributed by atoms with Gasteiger partial charge < -0.3 is 5.32 Å². The summed E-state index contributed by atoms with van der Waals surface area (Å²) in [5, 5.41) is 4.08. The van der Waals surface area contributed by atoms with Crippen LogP contribution in [0, 0.1) is 0 Å². The first-order chi connectivity index (χ1) is 8.34. The van der Waals surface area contributed by atoms with Gasteiger partial charge in [-0.15, -0.1) is 11.8 Å². The van der Waals surface area contributed by atoms with E-state index in [1.165, 1.54) is 16.1 Å². The SMILES string of the molecule is C[C@H]1Nc2ccccc2S[C@H]1c1ccccc1. The fraction of sp³-hybridized carbons (Fsp3) is 0.200. The molecule has 0 spiro atoms. The van der Waals surface area contributed by atoms with Gasteiger partial charge in [0.15, 0.2) is 0 Å². The molecule has 0 fully saturated rings. The lowest BCUT2D eigenvalue weighted by Crippen LogP contribution is -2.25. The van der Waals surface area contributed by atoms with Crippen molar-refractivity contribution in [2.75, 3.05) is 5.32 Å². The van der Waals surface area contributed by atoms with Crippen LogP contribution in [0.4, 0.5) is 5.69 Å². The van der Waals surface area contributed by atoms with Gasteiger partial charge in [0.1, 0.15) is 0 Å². The molecule has 2 aromatic rings. The molecule has 1 aliphatic rings. The van der Waals surface area contributed by atoms with Crippen molar-refractivity contribution >= 4 is 17.4 Å². The van der Waals surface area contributed by atoms with Crippen LogP contribution in [-0.2, 0) is 0 Å². The van der Waals surface area contributed by atoms with Crippen molar-refractivity contribution in [3.8, 4) is 0 Å². The summed E-state index contributed by atoms with van der Waals surface area (Å²) in [7, 11) is 0. The van der Waals surface area contributed by atoms with E-state index in [4.69, 9.17) is 0 Å². The summed E-state index contributed by atoms with van der Waals surface area (Å²) in [6.45, 7) is 2.25. The van der Waals surface area contributed by atoms with Gasteiger partial charge in [-0.1, -0.05) is 42.5 Å². The van der Waals surface area contributed by atoms with Crippen LogP contribution >= 0.6 is 11.8 Å². The van der Waals surface area contributed by atoms with Crippen LogP contribution in [0.2, 0.25) is 0 Å². The summed E-state index contributed by atoms with van der Waals surface area (Å²) in [5.41, 5.74) is 2.66. The normalized spacial score (nSPS) is 22.6. The molecule has 0 aliphatic carbocycles. The maximum absolute atomic E-state index is 3.59. The first-order valence-corrected chi connectivity index (χ1v) is 6.80. The molecule has 1 heterocycles. The summed E-state index contributed by atoms with van der Waals surface area (Å²) in [4.78, 5) is 1.35. The van der Waals surface area contributed by atoms with Crippen LogP contribution in [0.15, 0.2) is 59.5 Å². The predicted octanol–water partition coefficient (Wildman–Crippen LogP) is 4.33. The van der Waals surface area contributed by atoms with Gasteiger partial charge >= 0.3 is 0 Å².